The van der Waals surface area contributed by atoms with Gasteiger partial charge in [0.15, 0.2) is 0 Å². The van der Waals surface area contributed by atoms with Gasteiger partial charge in [-0.05, 0) is 31.9 Å². The van der Waals surface area contributed by atoms with Crippen molar-refractivity contribution in [2.45, 2.75) is 26.4 Å². The van der Waals surface area contributed by atoms with Crippen molar-refractivity contribution in [3.63, 3.8) is 0 Å². The van der Waals surface area contributed by atoms with Crippen molar-refractivity contribution in [1.82, 2.24) is 4.98 Å². The second-order valence-electron chi connectivity index (χ2n) is 4.46. The van der Waals surface area contributed by atoms with Crippen LogP contribution >= 0.6 is 0 Å². The second-order valence-corrected chi connectivity index (χ2v) is 4.46. The number of hydrogen-bond acceptors (Lipinski definition) is 4. The molecule has 1 aliphatic heterocycles. The second kappa shape index (κ2) is 4.70. The lowest BCUT2D eigenvalue weighted by Gasteiger charge is -2.16. The van der Waals surface area contributed by atoms with Gasteiger partial charge in [-0.1, -0.05) is 0 Å². The van der Waals surface area contributed by atoms with E-state index in [0.29, 0.717) is 17.7 Å². The standard InChI is InChI=1S/C12H19N3O/c1-8-5-11(13)12(14-6-8)15-7-10-3-4-16-9(10)2/h5-6,9-10H,3-4,7,13H2,1-2H3,(H,14,15). The first-order chi connectivity index (χ1) is 7.66. The van der Waals surface area contributed by atoms with Crippen LogP contribution in [0.2, 0.25) is 0 Å². The van der Waals surface area contributed by atoms with Crippen LogP contribution in [0.3, 0.4) is 0 Å². The van der Waals surface area contributed by atoms with E-state index in [4.69, 9.17) is 10.5 Å². The minimum atomic E-state index is 0.333. The van der Waals surface area contributed by atoms with Gasteiger partial charge in [-0.15, -0.1) is 0 Å². The number of nitrogens with two attached hydrogens (primary N) is 1. The van der Waals surface area contributed by atoms with Crippen molar-refractivity contribution in [2.24, 2.45) is 5.92 Å². The maximum absolute atomic E-state index is 5.88. The van der Waals surface area contributed by atoms with Gasteiger partial charge < -0.3 is 15.8 Å². The van der Waals surface area contributed by atoms with Crippen molar-refractivity contribution in [2.75, 3.05) is 24.2 Å². The number of nitrogens with zero attached hydrogens (tertiary/aromatic N) is 1. The van der Waals surface area contributed by atoms with Gasteiger partial charge in [0.1, 0.15) is 5.82 Å². The molecule has 0 radical (unpaired) electrons. The normalized spacial score (nSPS) is 24.6. The maximum atomic E-state index is 5.88. The molecule has 4 nitrogen and oxygen atoms in total. The van der Waals surface area contributed by atoms with Crippen LogP contribution in [-0.2, 0) is 4.74 Å². The number of ether oxygens (including phenoxy) is 1. The zero-order valence-electron chi connectivity index (χ0n) is 9.86. The van der Waals surface area contributed by atoms with Gasteiger partial charge in [0.2, 0.25) is 0 Å². The molecule has 1 fully saturated rings. The quantitative estimate of drug-likeness (QED) is 0.817. The zero-order valence-corrected chi connectivity index (χ0v) is 9.86. The molecule has 0 amide bonds. The topological polar surface area (TPSA) is 60.2 Å². The van der Waals surface area contributed by atoms with Gasteiger partial charge >= 0.3 is 0 Å². The lowest BCUT2D eigenvalue weighted by molar-refractivity contribution is 0.108. The van der Waals surface area contributed by atoms with Crippen molar-refractivity contribution >= 4 is 11.5 Å². The molecule has 1 aromatic rings. The summed E-state index contributed by atoms with van der Waals surface area (Å²) in [5.74, 6) is 1.34. The van der Waals surface area contributed by atoms with Crippen LogP contribution in [-0.4, -0.2) is 24.2 Å². The first kappa shape index (κ1) is 11.2. The summed E-state index contributed by atoms with van der Waals surface area (Å²) < 4.78 is 5.51. The lowest BCUT2D eigenvalue weighted by Crippen LogP contribution is -2.21. The Morgan fingerprint density at radius 2 is 2.44 bits per heavy atom. The molecule has 2 rings (SSSR count). The monoisotopic (exact) mass is 221 g/mol. The molecule has 1 saturated heterocycles. The summed E-state index contributed by atoms with van der Waals surface area (Å²) in [6.45, 7) is 5.84. The Morgan fingerprint density at radius 1 is 1.62 bits per heavy atom. The van der Waals surface area contributed by atoms with E-state index in [1.165, 1.54) is 0 Å². The van der Waals surface area contributed by atoms with E-state index >= 15 is 0 Å². The summed E-state index contributed by atoms with van der Waals surface area (Å²) in [5.41, 5.74) is 7.68. The molecular weight excluding hydrogens is 202 g/mol. The molecule has 4 heteroatoms. The summed E-state index contributed by atoms with van der Waals surface area (Å²) >= 11 is 0. The van der Waals surface area contributed by atoms with Crippen molar-refractivity contribution in [1.29, 1.82) is 0 Å². The first-order valence-electron chi connectivity index (χ1n) is 5.74. The van der Waals surface area contributed by atoms with Gasteiger partial charge in [-0.2, -0.15) is 0 Å². The van der Waals surface area contributed by atoms with Crippen LogP contribution in [0, 0.1) is 12.8 Å². The SMILES string of the molecule is Cc1cnc(NCC2CCOC2C)c(N)c1. The smallest absolute Gasteiger partial charge is 0.149 e. The third-order valence-corrected chi connectivity index (χ3v) is 3.12. The summed E-state index contributed by atoms with van der Waals surface area (Å²) in [7, 11) is 0. The number of hydrogen-bond donors (Lipinski definition) is 2. The average Bonchev–Trinajstić information content (AvgIpc) is 2.63. The predicted molar refractivity (Wildman–Crippen MR) is 65.4 cm³/mol. The number of nitrogen functional groups attached to an aromatic ring is 1. The molecule has 88 valence electrons. The fourth-order valence-corrected chi connectivity index (χ4v) is 2.01. The molecule has 2 unspecified atom stereocenters. The largest absolute Gasteiger partial charge is 0.396 e. The van der Waals surface area contributed by atoms with E-state index in [1.54, 1.807) is 0 Å². The molecule has 1 aromatic heterocycles. The van der Waals surface area contributed by atoms with Crippen LogP contribution < -0.4 is 11.1 Å². The third kappa shape index (κ3) is 2.44. The van der Waals surface area contributed by atoms with E-state index in [9.17, 15) is 0 Å². The van der Waals surface area contributed by atoms with E-state index < -0.39 is 0 Å². The molecule has 0 saturated carbocycles. The highest BCUT2D eigenvalue weighted by molar-refractivity contribution is 5.61. The van der Waals surface area contributed by atoms with Crippen LogP contribution in [0.5, 0.6) is 0 Å². The summed E-state index contributed by atoms with van der Waals surface area (Å²) in [6.07, 6.45) is 3.27. The molecule has 16 heavy (non-hydrogen) atoms. The fraction of sp³-hybridized carbons (Fsp3) is 0.583. The number of pyridine rings is 1. The number of aromatic nitrogens is 1. The van der Waals surface area contributed by atoms with Gasteiger partial charge in [0, 0.05) is 25.3 Å². The lowest BCUT2D eigenvalue weighted by atomic mass is 10.0. The highest BCUT2D eigenvalue weighted by Crippen LogP contribution is 2.22. The van der Waals surface area contributed by atoms with E-state index in [0.717, 1.165) is 31.0 Å². The molecule has 0 bridgehead atoms. The fourth-order valence-electron chi connectivity index (χ4n) is 2.01. The van der Waals surface area contributed by atoms with Gasteiger partial charge in [0.25, 0.3) is 0 Å². The highest BCUT2D eigenvalue weighted by Gasteiger charge is 2.23. The molecule has 0 spiro atoms. The van der Waals surface area contributed by atoms with Crippen molar-refractivity contribution < 1.29 is 4.74 Å². The Balaban J connectivity index is 1.94. The number of nitrogens with one attached hydrogen (secondary N) is 1. The van der Waals surface area contributed by atoms with Crippen molar-refractivity contribution in [3.05, 3.63) is 17.8 Å². The van der Waals surface area contributed by atoms with Gasteiger partial charge in [-0.3, -0.25) is 0 Å². The van der Waals surface area contributed by atoms with Crippen LogP contribution in [0.1, 0.15) is 18.9 Å². The maximum Gasteiger partial charge on any atom is 0.149 e. The average molecular weight is 221 g/mol. The predicted octanol–water partition coefficient (Wildman–Crippen LogP) is 1.81. The van der Waals surface area contributed by atoms with E-state index in [2.05, 4.69) is 17.2 Å². The molecule has 1 aliphatic rings. The Morgan fingerprint density at radius 3 is 3.06 bits per heavy atom. The van der Waals surface area contributed by atoms with E-state index in [1.807, 2.05) is 19.2 Å². The minimum absolute atomic E-state index is 0.333. The van der Waals surface area contributed by atoms with Crippen LogP contribution in [0.25, 0.3) is 0 Å². The summed E-state index contributed by atoms with van der Waals surface area (Å²) in [4.78, 5) is 4.29. The summed E-state index contributed by atoms with van der Waals surface area (Å²) in [6, 6.07) is 1.93. The van der Waals surface area contributed by atoms with E-state index in [-0.39, 0.29) is 0 Å². The summed E-state index contributed by atoms with van der Waals surface area (Å²) in [5, 5.41) is 3.30. The molecule has 3 N–H and O–H groups in total. The Hall–Kier alpha value is -1.29. The highest BCUT2D eigenvalue weighted by atomic mass is 16.5. The number of rotatable bonds is 3. The van der Waals surface area contributed by atoms with Gasteiger partial charge in [0.05, 0.1) is 11.8 Å². The number of aryl methyl sites for hydroxylation is 1. The molecule has 2 heterocycles. The van der Waals surface area contributed by atoms with Crippen LogP contribution in [0.4, 0.5) is 11.5 Å². The minimum Gasteiger partial charge on any atom is -0.396 e. The third-order valence-electron chi connectivity index (χ3n) is 3.12. The molecule has 0 aromatic carbocycles. The molecule has 0 aliphatic carbocycles. The van der Waals surface area contributed by atoms with Crippen molar-refractivity contribution in [3.8, 4) is 0 Å². The Kier molecular flexibility index (Phi) is 3.29. The Labute approximate surface area is 96.2 Å². The zero-order chi connectivity index (χ0) is 11.5. The first-order valence-corrected chi connectivity index (χ1v) is 5.74. The molecule has 2 atom stereocenters. The Bertz CT molecular complexity index is 367. The van der Waals surface area contributed by atoms with Crippen LogP contribution in [0.15, 0.2) is 12.3 Å². The van der Waals surface area contributed by atoms with Gasteiger partial charge in [-0.25, -0.2) is 4.98 Å². The molecular formula is C12H19N3O. The number of anilines is 2.